The van der Waals surface area contributed by atoms with Gasteiger partial charge in [0.25, 0.3) is 0 Å². The summed E-state index contributed by atoms with van der Waals surface area (Å²) < 4.78 is 0. The standard InChI is InChI=1S/C9H15NO3/c1-6(7(11)12)10-5-4-9(2,3)8(10)13/h6H,4-5H2,1-3H3,(H,11,12). The Balaban J connectivity index is 2.76. The van der Waals surface area contributed by atoms with Crippen LogP contribution in [0.2, 0.25) is 0 Å². The molecule has 74 valence electrons. The smallest absolute Gasteiger partial charge is 0.326 e. The number of amides is 1. The highest BCUT2D eigenvalue weighted by Crippen LogP contribution is 2.31. The van der Waals surface area contributed by atoms with Gasteiger partial charge in [-0.3, -0.25) is 4.79 Å². The summed E-state index contributed by atoms with van der Waals surface area (Å²) in [6.07, 6.45) is 0.740. The Morgan fingerprint density at radius 1 is 1.62 bits per heavy atom. The number of hydrogen-bond donors (Lipinski definition) is 1. The largest absolute Gasteiger partial charge is 0.480 e. The topological polar surface area (TPSA) is 57.6 Å². The van der Waals surface area contributed by atoms with Gasteiger partial charge in [-0.05, 0) is 13.3 Å². The Bertz CT molecular complexity index is 247. The zero-order valence-electron chi connectivity index (χ0n) is 8.20. The molecule has 4 nitrogen and oxygen atoms in total. The first-order valence-corrected chi connectivity index (χ1v) is 4.40. The molecule has 0 spiro atoms. The van der Waals surface area contributed by atoms with Gasteiger partial charge in [0.2, 0.25) is 5.91 Å². The molecule has 1 aliphatic heterocycles. The highest BCUT2D eigenvalue weighted by atomic mass is 16.4. The maximum atomic E-state index is 11.6. The summed E-state index contributed by atoms with van der Waals surface area (Å²) in [4.78, 5) is 23.7. The molecule has 1 heterocycles. The quantitative estimate of drug-likeness (QED) is 0.689. The van der Waals surface area contributed by atoms with Gasteiger partial charge in [-0.1, -0.05) is 13.8 Å². The van der Waals surface area contributed by atoms with Gasteiger partial charge in [-0.2, -0.15) is 0 Å². The second-order valence-electron chi connectivity index (χ2n) is 4.15. The first kappa shape index (κ1) is 10.0. The Hall–Kier alpha value is -1.06. The number of nitrogens with zero attached hydrogens (tertiary/aromatic N) is 1. The molecule has 1 fully saturated rings. The van der Waals surface area contributed by atoms with Gasteiger partial charge in [0.1, 0.15) is 6.04 Å². The predicted octanol–water partition coefficient (Wildman–Crippen LogP) is 0.718. The van der Waals surface area contributed by atoms with Crippen LogP contribution in [0.1, 0.15) is 27.2 Å². The summed E-state index contributed by atoms with van der Waals surface area (Å²) in [5.74, 6) is -0.992. The number of carboxylic acids is 1. The molecule has 0 aliphatic carbocycles. The van der Waals surface area contributed by atoms with Gasteiger partial charge >= 0.3 is 5.97 Å². The maximum Gasteiger partial charge on any atom is 0.326 e. The van der Waals surface area contributed by atoms with Gasteiger partial charge in [0, 0.05) is 12.0 Å². The number of hydrogen-bond acceptors (Lipinski definition) is 2. The van der Waals surface area contributed by atoms with Crippen molar-refractivity contribution in [1.29, 1.82) is 0 Å². The zero-order chi connectivity index (χ0) is 10.2. The second-order valence-corrected chi connectivity index (χ2v) is 4.15. The fourth-order valence-electron chi connectivity index (χ4n) is 1.50. The second kappa shape index (κ2) is 3.01. The van der Waals surface area contributed by atoms with Crippen molar-refractivity contribution in [3.8, 4) is 0 Å². The van der Waals surface area contributed by atoms with Gasteiger partial charge in [-0.15, -0.1) is 0 Å². The van der Waals surface area contributed by atoms with E-state index >= 15 is 0 Å². The SMILES string of the molecule is CC(C(=O)O)N1CCC(C)(C)C1=O. The minimum Gasteiger partial charge on any atom is -0.480 e. The number of aliphatic carboxylic acids is 1. The molecule has 1 saturated heterocycles. The van der Waals surface area contributed by atoms with E-state index in [1.54, 1.807) is 6.92 Å². The van der Waals surface area contributed by atoms with Gasteiger partial charge < -0.3 is 10.0 Å². The molecule has 0 aromatic heterocycles. The minimum absolute atomic E-state index is 0.0533. The molecule has 1 N–H and O–H groups in total. The van der Waals surface area contributed by atoms with E-state index < -0.39 is 12.0 Å². The van der Waals surface area contributed by atoms with Crippen molar-refractivity contribution < 1.29 is 14.7 Å². The van der Waals surface area contributed by atoms with Crippen LogP contribution in [0.5, 0.6) is 0 Å². The van der Waals surface area contributed by atoms with E-state index in [4.69, 9.17) is 5.11 Å². The molecule has 0 aromatic carbocycles. The Labute approximate surface area is 77.5 Å². The lowest BCUT2D eigenvalue weighted by atomic mass is 9.92. The van der Waals surface area contributed by atoms with Crippen LogP contribution in [0.15, 0.2) is 0 Å². The van der Waals surface area contributed by atoms with E-state index in [9.17, 15) is 9.59 Å². The van der Waals surface area contributed by atoms with Crippen molar-refractivity contribution >= 4 is 11.9 Å². The van der Waals surface area contributed by atoms with Crippen LogP contribution in [-0.2, 0) is 9.59 Å². The summed E-state index contributed by atoms with van der Waals surface area (Å²) in [5, 5.41) is 8.74. The number of likely N-dealkylation sites (tertiary alicyclic amines) is 1. The summed E-state index contributed by atoms with van der Waals surface area (Å²) >= 11 is 0. The van der Waals surface area contributed by atoms with Crippen LogP contribution in [0, 0.1) is 5.41 Å². The third kappa shape index (κ3) is 1.66. The summed E-state index contributed by atoms with van der Waals surface area (Å²) in [6, 6.07) is -0.700. The Morgan fingerprint density at radius 2 is 2.15 bits per heavy atom. The molecule has 0 aromatic rings. The molecule has 0 saturated carbocycles. The van der Waals surface area contributed by atoms with Crippen molar-refractivity contribution in [3.63, 3.8) is 0 Å². The van der Waals surface area contributed by atoms with E-state index in [2.05, 4.69) is 0 Å². The summed E-state index contributed by atoms with van der Waals surface area (Å²) in [6.45, 7) is 5.80. The monoisotopic (exact) mass is 185 g/mol. The third-order valence-electron chi connectivity index (χ3n) is 2.64. The van der Waals surface area contributed by atoms with E-state index in [1.807, 2.05) is 13.8 Å². The first-order chi connectivity index (χ1) is 5.86. The molecule has 0 bridgehead atoms. The summed E-state index contributed by atoms with van der Waals surface area (Å²) in [5.41, 5.74) is -0.385. The van der Waals surface area contributed by atoms with Gasteiger partial charge in [0.05, 0.1) is 0 Å². The van der Waals surface area contributed by atoms with Crippen molar-refractivity contribution in [2.24, 2.45) is 5.41 Å². The molecule has 4 heteroatoms. The van der Waals surface area contributed by atoms with Crippen molar-refractivity contribution in [3.05, 3.63) is 0 Å². The molecular weight excluding hydrogens is 170 g/mol. The lowest BCUT2D eigenvalue weighted by molar-refractivity contribution is -0.149. The Morgan fingerprint density at radius 3 is 2.46 bits per heavy atom. The van der Waals surface area contributed by atoms with Crippen LogP contribution in [-0.4, -0.2) is 34.5 Å². The fourth-order valence-corrected chi connectivity index (χ4v) is 1.50. The summed E-state index contributed by atoms with van der Waals surface area (Å²) in [7, 11) is 0. The maximum absolute atomic E-state index is 11.6. The lowest BCUT2D eigenvalue weighted by Crippen LogP contribution is -2.42. The number of carbonyl (C=O) groups excluding carboxylic acids is 1. The molecule has 1 rings (SSSR count). The van der Waals surface area contributed by atoms with E-state index in [0.717, 1.165) is 6.42 Å². The van der Waals surface area contributed by atoms with Crippen LogP contribution in [0.3, 0.4) is 0 Å². The molecule has 13 heavy (non-hydrogen) atoms. The average Bonchev–Trinajstić information content (AvgIpc) is 2.27. The third-order valence-corrected chi connectivity index (χ3v) is 2.64. The number of rotatable bonds is 2. The van der Waals surface area contributed by atoms with Crippen molar-refractivity contribution in [2.75, 3.05) is 6.54 Å². The van der Waals surface area contributed by atoms with Crippen LogP contribution in [0.25, 0.3) is 0 Å². The average molecular weight is 185 g/mol. The van der Waals surface area contributed by atoms with Crippen LogP contribution < -0.4 is 0 Å². The minimum atomic E-state index is -0.939. The van der Waals surface area contributed by atoms with Gasteiger partial charge in [0.15, 0.2) is 0 Å². The highest BCUT2D eigenvalue weighted by Gasteiger charge is 2.42. The first-order valence-electron chi connectivity index (χ1n) is 4.40. The van der Waals surface area contributed by atoms with E-state index in [0.29, 0.717) is 6.54 Å². The molecule has 1 unspecified atom stereocenters. The van der Waals surface area contributed by atoms with Crippen LogP contribution in [0.4, 0.5) is 0 Å². The van der Waals surface area contributed by atoms with Crippen molar-refractivity contribution in [2.45, 2.75) is 33.2 Å². The van der Waals surface area contributed by atoms with Crippen LogP contribution >= 0.6 is 0 Å². The van der Waals surface area contributed by atoms with E-state index in [1.165, 1.54) is 4.90 Å². The number of carboxylic acid groups (broad SMARTS) is 1. The van der Waals surface area contributed by atoms with Crippen molar-refractivity contribution in [1.82, 2.24) is 4.90 Å². The Kier molecular flexibility index (Phi) is 2.32. The highest BCUT2D eigenvalue weighted by molar-refractivity contribution is 5.88. The molecule has 1 aliphatic rings. The lowest BCUT2D eigenvalue weighted by Gasteiger charge is -2.22. The fraction of sp³-hybridized carbons (Fsp3) is 0.778. The molecule has 1 amide bonds. The van der Waals surface area contributed by atoms with Gasteiger partial charge in [-0.25, -0.2) is 4.79 Å². The predicted molar refractivity (Wildman–Crippen MR) is 47.2 cm³/mol. The zero-order valence-corrected chi connectivity index (χ0v) is 8.20. The normalized spacial score (nSPS) is 23.3. The number of carbonyl (C=O) groups is 2. The molecule has 0 radical (unpaired) electrons. The molecule has 1 atom stereocenters. The molecular formula is C9H15NO3. The van der Waals surface area contributed by atoms with E-state index in [-0.39, 0.29) is 11.3 Å².